The fourth-order valence-electron chi connectivity index (χ4n) is 4.16. The minimum absolute atomic E-state index is 0.262. The first kappa shape index (κ1) is 21.6. The second-order valence-corrected chi connectivity index (χ2v) is 9.46. The molecule has 2 atom stereocenters. The molecule has 0 aromatic carbocycles. The summed E-state index contributed by atoms with van der Waals surface area (Å²) in [6.45, 7) is 7.40. The monoisotopic (exact) mass is 418 g/mol. The number of allylic oxidation sites excluding steroid dienone is 2. The molecule has 0 unspecified atom stereocenters. The number of thiophene rings is 1. The second-order valence-electron chi connectivity index (χ2n) is 8.36. The van der Waals surface area contributed by atoms with Crippen LogP contribution in [0.4, 0.5) is 5.00 Å². The normalized spacial score (nSPS) is 21.7. The maximum Gasteiger partial charge on any atom is 0.341 e. The van der Waals surface area contributed by atoms with Gasteiger partial charge in [-0.05, 0) is 71.8 Å². The van der Waals surface area contributed by atoms with E-state index in [1.54, 1.807) is 13.8 Å². The number of amides is 1. The van der Waals surface area contributed by atoms with Crippen molar-refractivity contribution in [1.29, 1.82) is 0 Å². The van der Waals surface area contributed by atoms with Gasteiger partial charge in [0.25, 0.3) is 0 Å². The summed E-state index contributed by atoms with van der Waals surface area (Å²) in [4.78, 5) is 38.6. The predicted octanol–water partition coefficient (Wildman–Crippen LogP) is 3.24. The summed E-state index contributed by atoms with van der Waals surface area (Å²) in [5, 5.41) is 15.0. The molecule has 29 heavy (non-hydrogen) atoms. The SMILES string of the molecule is CC1=C(C)C[C@@H](C(=O)[O-])[C@@H](C(=O)Nc2sc3c(c2C(=O)OC(C)C)CCCC3)C1. The highest BCUT2D eigenvalue weighted by Gasteiger charge is 2.35. The van der Waals surface area contributed by atoms with Crippen molar-refractivity contribution in [2.24, 2.45) is 11.8 Å². The maximum absolute atomic E-state index is 13.1. The van der Waals surface area contributed by atoms with Gasteiger partial charge in [0.15, 0.2) is 0 Å². The Hall–Kier alpha value is -2.15. The van der Waals surface area contributed by atoms with Crippen molar-refractivity contribution < 1.29 is 24.2 Å². The summed E-state index contributed by atoms with van der Waals surface area (Å²) in [6, 6.07) is 0. The van der Waals surface area contributed by atoms with Gasteiger partial charge in [0, 0.05) is 16.8 Å². The maximum atomic E-state index is 13.1. The summed E-state index contributed by atoms with van der Waals surface area (Å²) < 4.78 is 5.42. The summed E-state index contributed by atoms with van der Waals surface area (Å²) in [6.07, 6.45) is 4.15. The standard InChI is InChI=1S/C22H29NO5S/c1-11(2)28-22(27)18-14-7-5-6-8-17(14)29-20(18)23-19(24)15-9-12(3)13(4)10-16(15)21(25)26/h11,15-16H,5-10H2,1-4H3,(H,23,24)(H,25,26)/p-1/t15-,16+/m0/s1. The van der Waals surface area contributed by atoms with Gasteiger partial charge in [-0.25, -0.2) is 4.79 Å². The van der Waals surface area contributed by atoms with Crippen molar-refractivity contribution in [2.45, 2.75) is 72.3 Å². The number of nitrogens with one attached hydrogen (secondary N) is 1. The van der Waals surface area contributed by atoms with Crippen molar-refractivity contribution in [2.75, 3.05) is 5.32 Å². The Morgan fingerprint density at radius 2 is 1.69 bits per heavy atom. The molecule has 1 aromatic rings. The number of hydrogen-bond donors (Lipinski definition) is 1. The number of fused-ring (bicyclic) bond motifs is 1. The molecule has 2 aliphatic rings. The lowest BCUT2D eigenvalue weighted by molar-refractivity contribution is -0.313. The lowest BCUT2D eigenvalue weighted by Crippen LogP contribution is -2.42. The van der Waals surface area contributed by atoms with Crippen molar-refractivity contribution in [3.63, 3.8) is 0 Å². The van der Waals surface area contributed by atoms with E-state index in [4.69, 9.17) is 4.74 Å². The van der Waals surface area contributed by atoms with E-state index >= 15 is 0 Å². The molecular weight excluding hydrogens is 390 g/mol. The third-order valence-corrected chi connectivity index (χ3v) is 7.07. The molecule has 0 fully saturated rings. The molecule has 6 nitrogen and oxygen atoms in total. The molecule has 3 rings (SSSR count). The lowest BCUT2D eigenvalue weighted by Gasteiger charge is -2.32. The van der Waals surface area contributed by atoms with Crippen molar-refractivity contribution in [3.05, 3.63) is 27.2 Å². The Kier molecular flexibility index (Phi) is 6.46. The lowest BCUT2D eigenvalue weighted by atomic mass is 9.76. The third kappa shape index (κ3) is 4.55. The van der Waals surface area contributed by atoms with Gasteiger partial charge in [0.1, 0.15) is 5.00 Å². The summed E-state index contributed by atoms with van der Waals surface area (Å²) in [7, 11) is 0. The van der Waals surface area contributed by atoms with Crippen molar-refractivity contribution >= 4 is 34.2 Å². The number of aliphatic carboxylic acids is 1. The van der Waals surface area contributed by atoms with Crippen molar-refractivity contribution in [1.82, 2.24) is 0 Å². The van der Waals surface area contributed by atoms with Gasteiger partial charge in [-0.1, -0.05) is 11.1 Å². The van der Waals surface area contributed by atoms with Crippen LogP contribution in [0.15, 0.2) is 11.1 Å². The fraction of sp³-hybridized carbons (Fsp3) is 0.591. The fourth-order valence-corrected chi connectivity index (χ4v) is 5.44. The predicted molar refractivity (Wildman–Crippen MR) is 110 cm³/mol. The molecule has 0 radical (unpaired) electrons. The number of carbonyl (C=O) groups excluding carboxylic acids is 3. The zero-order valence-corrected chi connectivity index (χ0v) is 18.2. The summed E-state index contributed by atoms with van der Waals surface area (Å²) in [5.74, 6) is -3.58. The van der Waals surface area contributed by atoms with Crippen LogP contribution in [0.1, 0.15) is 74.2 Å². The van der Waals surface area contributed by atoms with E-state index in [1.807, 2.05) is 13.8 Å². The third-order valence-electron chi connectivity index (χ3n) is 5.86. The van der Waals surface area contributed by atoms with E-state index in [9.17, 15) is 19.5 Å². The molecular formula is C22H28NO5S-. The van der Waals surface area contributed by atoms with Gasteiger partial charge in [0.2, 0.25) is 5.91 Å². The Morgan fingerprint density at radius 1 is 1.07 bits per heavy atom. The quantitative estimate of drug-likeness (QED) is 0.585. The van der Waals surface area contributed by atoms with E-state index in [0.29, 0.717) is 23.4 Å². The molecule has 0 aliphatic heterocycles. The first-order valence-corrected chi connectivity index (χ1v) is 11.0. The van der Waals surface area contributed by atoms with Crippen LogP contribution in [0, 0.1) is 11.8 Å². The molecule has 7 heteroatoms. The van der Waals surface area contributed by atoms with Crippen LogP contribution in [0.5, 0.6) is 0 Å². The van der Waals surface area contributed by atoms with Gasteiger partial charge >= 0.3 is 5.97 Å². The number of hydrogen-bond acceptors (Lipinski definition) is 6. The Labute approximate surface area is 175 Å². The van der Waals surface area contributed by atoms with E-state index in [1.165, 1.54) is 11.3 Å². The van der Waals surface area contributed by atoms with Crippen LogP contribution in [-0.2, 0) is 27.2 Å². The highest BCUT2D eigenvalue weighted by molar-refractivity contribution is 7.17. The first-order valence-electron chi connectivity index (χ1n) is 10.2. The van der Waals surface area contributed by atoms with Gasteiger partial charge in [0.05, 0.1) is 17.6 Å². The topological polar surface area (TPSA) is 95.5 Å². The van der Waals surface area contributed by atoms with Gasteiger partial charge < -0.3 is 20.0 Å². The minimum Gasteiger partial charge on any atom is -0.550 e. The number of anilines is 1. The number of carboxylic acid groups (broad SMARTS) is 1. The highest BCUT2D eigenvalue weighted by atomic mass is 32.1. The molecule has 1 aromatic heterocycles. The highest BCUT2D eigenvalue weighted by Crippen LogP contribution is 2.40. The molecule has 1 N–H and O–H groups in total. The molecule has 0 saturated heterocycles. The molecule has 1 heterocycles. The van der Waals surface area contributed by atoms with Crippen LogP contribution < -0.4 is 10.4 Å². The van der Waals surface area contributed by atoms with Crippen LogP contribution in [0.3, 0.4) is 0 Å². The molecule has 158 valence electrons. The van der Waals surface area contributed by atoms with Crippen LogP contribution in [0.2, 0.25) is 0 Å². The van der Waals surface area contributed by atoms with E-state index in [-0.39, 0.29) is 12.0 Å². The number of ether oxygens (including phenoxy) is 1. The molecule has 2 aliphatic carbocycles. The zero-order valence-electron chi connectivity index (χ0n) is 17.4. The smallest absolute Gasteiger partial charge is 0.341 e. The van der Waals surface area contributed by atoms with Crippen LogP contribution in [0.25, 0.3) is 0 Å². The Balaban J connectivity index is 1.91. The second kappa shape index (κ2) is 8.69. The largest absolute Gasteiger partial charge is 0.550 e. The number of rotatable bonds is 5. The van der Waals surface area contributed by atoms with E-state index < -0.39 is 23.8 Å². The zero-order chi connectivity index (χ0) is 21.3. The van der Waals surface area contributed by atoms with Crippen molar-refractivity contribution in [3.8, 4) is 0 Å². The number of carbonyl (C=O) groups is 3. The van der Waals surface area contributed by atoms with Crippen LogP contribution in [-0.4, -0.2) is 23.9 Å². The van der Waals surface area contributed by atoms with E-state index in [2.05, 4.69) is 5.32 Å². The van der Waals surface area contributed by atoms with Gasteiger partial charge in [-0.15, -0.1) is 11.3 Å². The number of esters is 1. The Bertz CT molecular complexity index is 867. The first-order chi connectivity index (χ1) is 13.7. The average molecular weight is 419 g/mol. The molecule has 0 bridgehead atoms. The Morgan fingerprint density at radius 3 is 2.31 bits per heavy atom. The minimum atomic E-state index is -1.21. The number of aryl methyl sites for hydroxylation is 1. The van der Waals surface area contributed by atoms with Gasteiger partial charge in [-0.2, -0.15) is 0 Å². The summed E-state index contributed by atoms with van der Waals surface area (Å²) in [5.41, 5.74) is 3.44. The van der Waals surface area contributed by atoms with E-state index in [0.717, 1.165) is 47.3 Å². The molecule has 0 spiro atoms. The van der Waals surface area contributed by atoms with Crippen LogP contribution >= 0.6 is 11.3 Å². The summed E-state index contributed by atoms with van der Waals surface area (Å²) >= 11 is 1.41. The molecule has 0 saturated carbocycles. The number of carboxylic acids is 1. The molecule has 1 amide bonds. The average Bonchev–Trinajstić information content (AvgIpc) is 3.00. The van der Waals surface area contributed by atoms with Gasteiger partial charge in [-0.3, -0.25) is 4.79 Å².